The number of aryl methyl sites for hydroxylation is 3. The van der Waals surface area contributed by atoms with Crippen molar-refractivity contribution < 1.29 is 13.2 Å². The molecule has 1 aliphatic heterocycles. The second kappa shape index (κ2) is 7.57. The van der Waals surface area contributed by atoms with Crippen molar-refractivity contribution in [3.05, 3.63) is 82.7 Å². The van der Waals surface area contributed by atoms with E-state index in [4.69, 9.17) is 0 Å². The van der Waals surface area contributed by atoms with Gasteiger partial charge in [0.1, 0.15) is 0 Å². The first kappa shape index (κ1) is 20.1. The summed E-state index contributed by atoms with van der Waals surface area (Å²) < 4.78 is 28.9. The second-order valence-corrected chi connectivity index (χ2v) is 9.24. The fraction of sp³-hybridized carbons (Fsp3) is 0.217. The Balaban J connectivity index is 1.66. The molecular formula is C23H23N3O3S. The highest BCUT2D eigenvalue weighted by molar-refractivity contribution is 7.92. The average molecular weight is 422 g/mol. The monoisotopic (exact) mass is 421 g/mol. The molecule has 1 amide bonds. The first-order valence-electron chi connectivity index (χ1n) is 9.72. The molecule has 4 rings (SSSR count). The van der Waals surface area contributed by atoms with Gasteiger partial charge in [-0.3, -0.25) is 14.5 Å². The minimum absolute atomic E-state index is 0.124. The Morgan fingerprint density at radius 3 is 2.33 bits per heavy atom. The highest BCUT2D eigenvalue weighted by Crippen LogP contribution is 2.33. The maximum absolute atomic E-state index is 13.1. The molecule has 0 spiro atoms. The lowest BCUT2D eigenvalue weighted by Gasteiger charge is -2.19. The van der Waals surface area contributed by atoms with Crippen LogP contribution in [0.5, 0.6) is 0 Å². The molecule has 0 bridgehead atoms. The Morgan fingerprint density at radius 2 is 1.67 bits per heavy atom. The molecule has 1 aromatic heterocycles. The number of hydrogen-bond donors (Lipinski definition) is 1. The highest BCUT2D eigenvalue weighted by atomic mass is 32.2. The van der Waals surface area contributed by atoms with Crippen molar-refractivity contribution in [1.29, 1.82) is 0 Å². The summed E-state index contributed by atoms with van der Waals surface area (Å²) in [7, 11) is -3.76. The molecule has 154 valence electrons. The van der Waals surface area contributed by atoms with Gasteiger partial charge in [-0.2, -0.15) is 0 Å². The Bertz CT molecular complexity index is 1210. The number of pyridine rings is 1. The Labute approximate surface area is 176 Å². The van der Waals surface area contributed by atoms with E-state index >= 15 is 0 Å². The van der Waals surface area contributed by atoms with E-state index in [-0.39, 0.29) is 5.91 Å². The van der Waals surface area contributed by atoms with Crippen molar-refractivity contribution in [3.63, 3.8) is 0 Å². The molecule has 2 aromatic carbocycles. The van der Waals surface area contributed by atoms with Crippen LogP contribution in [-0.4, -0.2) is 25.9 Å². The van der Waals surface area contributed by atoms with Gasteiger partial charge in [-0.15, -0.1) is 0 Å². The fourth-order valence-electron chi connectivity index (χ4n) is 4.10. The molecule has 0 saturated heterocycles. The zero-order valence-corrected chi connectivity index (χ0v) is 18.0. The summed E-state index contributed by atoms with van der Waals surface area (Å²) in [6.07, 6.45) is 3.90. The number of aromatic nitrogens is 1. The predicted octanol–water partition coefficient (Wildman–Crippen LogP) is 4.01. The van der Waals surface area contributed by atoms with Gasteiger partial charge < -0.3 is 4.90 Å². The van der Waals surface area contributed by atoms with Crippen LogP contribution in [0.15, 0.2) is 59.8 Å². The van der Waals surface area contributed by atoms with E-state index in [1.807, 2.05) is 25.1 Å². The van der Waals surface area contributed by atoms with Crippen LogP contribution in [0, 0.1) is 20.8 Å². The molecule has 0 atom stereocenters. The van der Waals surface area contributed by atoms with Gasteiger partial charge in [-0.05, 0) is 68.1 Å². The second-order valence-electron chi connectivity index (χ2n) is 7.62. The molecule has 7 heteroatoms. The zero-order valence-electron chi connectivity index (χ0n) is 17.1. The van der Waals surface area contributed by atoms with Crippen molar-refractivity contribution >= 4 is 27.3 Å². The molecule has 3 aromatic rings. The number of carbonyl (C=O) groups is 1. The van der Waals surface area contributed by atoms with Gasteiger partial charge in [0.05, 0.1) is 10.6 Å². The van der Waals surface area contributed by atoms with Crippen LogP contribution >= 0.6 is 0 Å². The lowest BCUT2D eigenvalue weighted by molar-refractivity contribution is 0.0989. The van der Waals surface area contributed by atoms with E-state index in [0.717, 1.165) is 23.2 Å². The number of nitrogens with one attached hydrogen (secondary N) is 1. The van der Waals surface area contributed by atoms with Gasteiger partial charge in [0.15, 0.2) is 0 Å². The van der Waals surface area contributed by atoms with Crippen molar-refractivity contribution in [3.8, 4) is 0 Å². The van der Waals surface area contributed by atoms with Crippen molar-refractivity contribution in [1.82, 2.24) is 4.98 Å². The maximum Gasteiger partial charge on any atom is 0.262 e. The van der Waals surface area contributed by atoms with Crippen LogP contribution in [0.1, 0.15) is 32.6 Å². The summed E-state index contributed by atoms with van der Waals surface area (Å²) in [6.45, 7) is 6.10. The summed E-state index contributed by atoms with van der Waals surface area (Å²) in [5.41, 5.74) is 5.16. The highest BCUT2D eigenvalue weighted by Gasteiger charge is 2.27. The third kappa shape index (κ3) is 3.68. The molecule has 1 aliphatic rings. The number of nitrogens with zero attached hydrogens (tertiary/aromatic N) is 2. The standard InChI is InChI=1S/C23H23N3O3S/c1-15-12-16(2)22(17(3)13-15)30(28,29)25-20-5-4-18-8-11-26(21(18)14-20)23(27)19-6-9-24-10-7-19/h4-7,9-10,12-14,25H,8,11H2,1-3H3. The third-order valence-corrected chi connectivity index (χ3v) is 6.96. The lowest BCUT2D eigenvalue weighted by atomic mass is 10.1. The summed E-state index contributed by atoms with van der Waals surface area (Å²) >= 11 is 0. The number of sulfonamides is 1. The minimum atomic E-state index is -3.76. The average Bonchev–Trinajstić information content (AvgIpc) is 3.10. The van der Waals surface area contributed by atoms with E-state index in [1.165, 1.54) is 0 Å². The number of carbonyl (C=O) groups excluding carboxylic acids is 1. The molecule has 6 nitrogen and oxygen atoms in total. The van der Waals surface area contributed by atoms with Crippen LogP contribution in [0.25, 0.3) is 0 Å². The number of hydrogen-bond acceptors (Lipinski definition) is 4. The number of amides is 1. The number of fused-ring (bicyclic) bond motifs is 1. The fourth-order valence-corrected chi connectivity index (χ4v) is 5.61. The van der Waals surface area contributed by atoms with Crippen molar-refractivity contribution in [2.24, 2.45) is 0 Å². The molecule has 0 aliphatic carbocycles. The van der Waals surface area contributed by atoms with Crippen LogP contribution in [0.3, 0.4) is 0 Å². The topological polar surface area (TPSA) is 79.4 Å². The molecule has 30 heavy (non-hydrogen) atoms. The van der Waals surface area contributed by atoms with Gasteiger partial charge in [0, 0.05) is 30.2 Å². The summed E-state index contributed by atoms with van der Waals surface area (Å²) in [4.78, 5) is 18.8. The number of anilines is 2. The Hall–Kier alpha value is -3.19. The normalized spacial score (nSPS) is 13.2. The van der Waals surface area contributed by atoms with Crippen LogP contribution in [0.2, 0.25) is 0 Å². The molecule has 0 radical (unpaired) electrons. The molecule has 1 N–H and O–H groups in total. The van der Waals surface area contributed by atoms with Crippen LogP contribution in [0.4, 0.5) is 11.4 Å². The summed E-state index contributed by atoms with van der Waals surface area (Å²) in [5.74, 6) is -0.124. The Kier molecular flexibility index (Phi) is 5.07. The first-order valence-corrected chi connectivity index (χ1v) is 11.2. The van der Waals surface area contributed by atoms with Gasteiger partial charge >= 0.3 is 0 Å². The SMILES string of the molecule is Cc1cc(C)c(S(=O)(=O)Nc2ccc3c(c2)N(C(=O)c2ccncc2)CC3)c(C)c1. The largest absolute Gasteiger partial charge is 0.308 e. The minimum Gasteiger partial charge on any atom is -0.308 e. The van der Waals surface area contributed by atoms with E-state index in [2.05, 4.69) is 9.71 Å². The first-order chi connectivity index (χ1) is 14.3. The molecule has 0 saturated carbocycles. The van der Waals surface area contributed by atoms with Gasteiger partial charge in [0.25, 0.3) is 15.9 Å². The van der Waals surface area contributed by atoms with Crippen molar-refractivity contribution in [2.75, 3.05) is 16.2 Å². The number of rotatable bonds is 4. The van der Waals surface area contributed by atoms with Gasteiger partial charge in [-0.1, -0.05) is 23.8 Å². The molecular weight excluding hydrogens is 398 g/mol. The smallest absolute Gasteiger partial charge is 0.262 e. The third-order valence-electron chi connectivity index (χ3n) is 5.28. The van der Waals surface area contributed by atoms with E-state index in [9.17, 15) is 13.2 Å². The van der Waals surface area contributed by atoms with Crippen molar-refractivity contribution in [2.45, 2.75) is 32.1 Å². The lowest BCUT2D eigenvalue weighted by Crippen LogP contribution is -2.29. The van der Waals surface area contributed by atoms with Gasteiger partial charge in [0.2, 0.25) is 0 Å². The van der Waals surface area contributed by atoms with E-state index in [1.54, 1.807) is 55.4 Å². The van der Waals surface area contributed by atoms with Crippen LogP contribution in [-0.2, 0) is 16.4 Å². The summed E-state index contributed by atoms with van der Waals surface area (Å²) in [6, 6.07) is 12.4. The summed E-state index contributed by atoms with van der Waals surface area (Å²) in [5, 5.41) is 0. The van der Waals surface area contributed by atoms with E-state index < -0.39 is 10.0 Å². The maximum atomic E-state index is 13.1. The number of benzene rings is 2. The predicted molar refractivity (Wildman–Crippen MR) is 118 cm³/mol. The zero-order chi connectivity index (χ0) is 21.5. The quantitative estimate of drug-likeness (QED) is 0.690. The molecule has 0 fully saturated rings. The van der Waals surface area contributed by atoms with Crippen LogP contribution < -0.4 is 9.62 Å². The Morgan fingerprint density at radius 1 is 1.00 bits per heavy atom. The van der Waals surface area contributed by atoms with E-state index in [0.29, 0.717) is 33.8 Å². The molecule has 2 heterocycles. The molecule has 0 unspecified atom stereocenters. The van der Waals surface area contributed by atoms with Gasteiger partial charge in [-0.25, -0.2) is 8.42 Å².